The Morgan fingerprint density at radius 1 is 1.20 bits per heavy atom. The molecule has 0 saturated carbocycles. The number of ether oxygens (including phenoxy) is 2. The standard InChI is InChI=1S/C18H20N2O5/c1-11-4-5-12(2)15(6-11)25-10-17(22)20-19-9-13-7-14(21)18(23)16(8-13)24-3/h4-9,21,23H,10H2,1-3H3,(H,20,22)/b19-9+. The Morgan fingerprint density at radius 2 is 1.96 bits per heavy atom. The zero-order valence-electron chi connectivity index (χ0n) is 14.2. The van der Waals surface area contributed by atoms with Crippen LogP contribution in [0, 0.1) is 13.8 Å². The average molecular weight is 344 g/mol. The zero-order chi connectivity index (χ0) is 18.4. The maximum Gasteiger partial charge on any atom is 0.277 e. The summed E-state index contributed by atoms with van der Waals surface area (Å²) >= 11 is 0. The second kappa shape index (κ2) is 8.05. The van der Waals surface area contributed by atoms with Gasteiger partial charge in [-0.15, -0.1) is 0 Å². The van der Waals surface area contributed by atoms with Gasteiger partial charge in [-0.3, -0.25) is 4.79 Å². The molecular weight excluding hydrogens is 324 g/mol. The van der Waals surface area contributed by atoms with Crippen LogP contribution in [0.15, 0.2) is 35.4 Å². The van der Waals surface area contributed by atoms with E-state index in [1.807, 2.05) is 32.0 Å². The smallest absolute Gasteiger partial charge is 0.277 e. The topological polar surface area (TPSA) is 100 Å². The average Bonchev–Trinajstić information content (AvgIpc) is 2.58. The molecule has 0 aliphatic heterocycles. The number of benzene rings is 2. The summed E-state index contributed by atoms with van der Waals surface area (Å²) in [6.45, 7) is 3.67. The second-order valence-corrected chi connectivity index (χ2v) is 5.44. The van der Waals surface area contributed by atoms with Gasteiger partial charge in [-0.2, -0.15) is 5.10 Å². The molecule has 2 aromatic carbocycles. The number of carbonyl (C=O) groups excluding carboxylic acids is 1. The molecule has 0 aliphatic rings. The molecule has 7 heteroatoms. The molecule has 0 atom stereocenters. The Bertz CT molecular complexity index is 802. The van der Waals surface area contributed by atoms with E-state index in [1.165, 1.54) is 25.5 Å². The summed E-state index contributed by atoms with van der Waals surface area (Å²) < 4.78 is 10.4. The zero-order valence-corrected chi connectivity index (χ0v) is 14.2. The molecule has 0 unspecified atom stereocenters. The summed E-state index contributed by atoms with van der Waals surface area (Å²) in [6, 6.07) is 8.51. The van der Waals surface area contributed by atoms with E-state index in [1.54, 1.807) is 0 Å². The maximum absolute atomic E-state index is 11.8. The van der Waals surface area contributed by atoms with Crippen molar-refractivity contribution in [1.29, 1.82) is 0 Å². The van der Waals surface area contributed by atoms with Crippen molar-refractivity contribution in [2.24, 2.45) is 5.10 Å². The van der Waals surface area contributed by atoms with Gasteiger partial charge in [0.05, 0.1) is 13.3 Å². The molecule has 2 rings (SSSR count). The third-order valence-electron chi connectivity index (χ3n) is 3.40. The van der Waals surface area contributed by atoms with Gasteiger partial charge >= 0.3 is 0 Å². The summed E-state index contributed by atoms with van der Waals surface area (Å²) in [5, 5.41) is 22.9. The quantitative estimate of drug-likeness (QED) is 0.424. The van der Waals surface area contributed by atoms with Crippen molar-refractivity contribution < 1.29 is 24.5 Å². The summed E-state index contributed by atoms with van der Waals surface area (Å²) in [7, 11) is 1.36. The molecule has 25 heavy (non-hydrogen) atoms. The van der Waals surface area contributed by atoms with Crippen LogP contribution in [0.3, 0.4) is 0 Å². The van der Waals surface area contributed by atoms with Gasteiger partial charge in [0.25, 0.3) is 5.91 Å². The monoisotopic (exact) mass is 344 g/mol. The summed E-state index contributed by atoms with van der Waals surface area (Å²) in [5.41, 5.74) is 4.75. The van der Waals surface area contributed by atoms with Crippen LogP contribution in [-0.4, -0.2) is 36.1 Å². The van der Waals surface area contributed by atoms with Crippen molar-refractivity contribution in [2.45, 2.75) is 13.8 Å². The lowest BCUT2D eigenvalue weighted by atomic mass is 10.1. The molecule has 0 heterocycles. The third-order valence-corrected chi connectivity index (χ3v) is 3.40. The lowest BCUT2D eigenvalue weighted by molar-refractivity contribution is -0.123. The van der Waals surface area contributed by atoms with Gasteiger partial charge in [-0.1, -0.05) is 12.1 Å². The fourth-order valence-electron chi connectivity index (χ4n) is 2.06. The number of carbonyl (C=O) groups is 1. The van der Waals surface area contributed by atoms with E-state index in [0.717, 1.165) is 11.1 Å². The Morgan fingerprint density at radius 3 is 2.68 bits per heavy atom. The van der Waals surface area contributed by atoms with E-state index in [2.05, 4.69) is 10.5 Å². The van der Waals surface area contributed by atoms with Gasteiger partial charge < -0.3 is 19.7 Å². The number of aryl methyl sites for hydroxylation is 2. The van der Waals surface area contributed by atoms with Crippen LogP contribution in [0.1, 0.15) is 16.7 Å². The molecule has 0 spiro atoms. The van der Waals surface area contributed by atoms with Gasteiger partial charge in [0, 0.05) is 5.56 Å². The van der Waals surface area contributed by atoms with E-state index in [-0.39, 0.29) is 23.9 Å². The molecule has 0 saturated heterocycles. The van der Waals surface area contributed by atoms with Crippen LogP contribution in [0.5, 0.6) is 23.0 Å². The summed E-state index contributed by atoms with van der Waals surface area (Å²) in [5.74, 6) is -0.374. The third kappa shape index (κ3) is 4.87. The fourth-order valence-corrected chi connectivity index (χ4v) is 2.06. The van der Waals surface area contributed by atoms with E-state index < -0.39 is 5.91 Å². The number of phenolic OH excluding ortho intramolecular Hbond substituents is 2. The molecule has 3 N–H and O–H groups in total. The molecule has 0 aliphatic carbocycles. The number of nitrogens with one attached hydrogen (secondary N) is 1. The van der Waals surface area contributed by atoms with Crippen molar-refractivity contribution in [3.05, 3.63) is 47.0 Å². The highest BCUT2D eigenvalue weighted by molar-refractivity contribution is 5.84. The molecule has 0 radical (unpaired) electrons. The van der Waals surface area contributed by atoms with Crippen LogP contribution in [0.25, 0.3) is 0 Å². The Balaban J connectivity index is 1.92. The highest BCUT2D eigenvalue weighted by Gasteiger charge is 2.09. The normalized spacial score (nSPS) is 10.7. The van der Waals surface area contributed by atoms with Crippen LogP contribution < -0.4 is 14.9 Å². The number of hydrogen-bond acceptors (Lipinski definition) is 6. The van der Waals surface area contributed by atoms with Gasteiger partial charge in [-0.25, -0.2) is 5.43 Å². The van der Waals surface area contributed by atoms with E-state index in [9.17, 15) is 15.0 Å². The highest BCUT2D eigenvalue weighted by Crippen LogP contribution is 2.35. The summed E-state index contributed by atoms with van der Waals surface area (Å²) in [6.07, 6.45) is 1.32. The molecule has 1 amide bonds. The molecule has 2 aromatic rings. The number of phenols is 2. The Hall–Kier alpha value is -3.22. The fraction of sp³-hybridized carbons (Fsp3) is 0.222. The van der Waals surface area contributed by atoms with Crippen molar-refractivity contribution in [3.8, 4) is 23.0 Å². The first-order chi connectivity index (χ1) is 11.9. The highest BCUT2D eigenvalue weighted by atomic mass is 16.5. The molecule has 0 aromatic heterocycles. The SMILES string of the molecule is COc1cc(/C=N/NC(=O)COc2cc(C)ccc2C)cc(O)c1O. The van der Waals surface area contributed by atoms with Gasteiger partial charge in [0.2, 0.25) is 5.75 Å². The predicted octanol–water partition coefficient (Wildman–Crippen LogP) is 2.25. The number of rotatable bonds is 6. The molecular formula is C18H20N2O5. The Labute approximate surface area is 145 Å². The van der Waals surface area contributed by atoms with E-state index in [0.29, 0.717) is 11.3 Å². The minimum absolute atomic E-state index is 0.103. The van der Waals surface area contributed by atoms with Crippen LogP contribution >= 0.6 is 0 Å². The first-order valence-corrected chi connectivity index (χ1v) is 7.52. The first kappa shape index (κ1) is 18.1. The lowest BCUT2D eigenvalue weighted by Crippen LogP contribution is -2.24. The second-order valence-electron chi connectivity index (χ2n) is 5.44. The number of methoxy groups -OCH3 is 1. The molecule has 7 nitrogen and oxygen atoms in total. The van der Waals surface area contributed by atoms with Crippen LogP contribution in [0.4, 0.5) is 0 Å². The number of hydrazone groups is 1. The minimum Gasteiger partial charge on any atom is -0.504 e. The summed E-state index contributed by atoms with van der Waals surface area (Å²) in [4.78, 5) is 11.8. The largest absolute Gasteiger partial charge is 0.504 e. The van der Waals surface area contributed by atoms with Gasteiger partial charge in [0.1, 0.15) is 5.75 Å². The van der Waals surface area contributed by atoms with E-state index in [4.69, 9.17) is 9.47 Å². The molecule has 132 valence electrons. The minimum atomic E-state index is -0.424. The molecule has 0 bridgehead atoms. The van der Waals surface area contributed by atoms with Crippen LogP contribution in [0.2, 0.25) is 0 Å². The van der Waals surface area contributed by atoms with Crippen molar-refractivity contribution in [2.75, 3.05) is 13.7 Å². The van der Waals surface area contributed by atoms with Gasteiger partial charge in [0.15, 0.2) is 18.1 Å². The Kier molecular flexibility index (Phi) is 5.84. The molecule has 0 fully saturated rings. The predicted molar refractivity (Wildman–Crippen MR) is 93.5 cm³/mol. The van der Waals surface area contributed by atoms with E-state index >= 15 is 0 Å². The number of hydrogen-bond donors (Lipinski definition) is 3. The van der Waals surface area contributed by atoms with Crippen molar-refractivity contribution in [1.82, 2.24) is 5.43 Å². The number of amides is 1. The number of nitrogens with zero attached hydrogens (tertiary/aromatic N) is 1. The van der Waals surface area contributed by atoms with Crippen molar-refractivity contribution >= 4 is 12.1 Å². The van der Waals surface area contributed by atoms with Crippen molar-refractivity contribution in [3.63, 3.8) is 0 Å². The van der Waals surface area contributed by atoms with Crippen LogP contribution in [-0.2, 0) is 4.79 Å². The van der Waals surface area contributed by atoms with Gasteiger partial charge in [-0.05, 0) is 43.2 Å². The number of aromatic hydroxyl groups is 2. The first-order valence-electron chi connectivity index (χ1n) is 7.52. The lowest BCUT2D eigenvalue weighted by Gasteiger charge is -2.09. The maximum atomic E-state index is 11.8.